The van der Waals surface area contributed by atoms with Crippen molar-refractivity contribution in [2.75, 3.05) is 0 Å². The van der Waals surface area contributed by atoms with Crippen LogP contribution in [0.1, 0.15) is 40.0 Å². The molecule has 1 heteroatoms. The molecule has 0 saturated heterocycles. The summed E-state index contributed by atoms with van der Waals surface area (Å²) in [4.78, 5) is 4.29. The molecule has 0 unspecified atom stereocenters. The van der Waals surface area contributed by atoms with Crippen LogP contribution in [-0.2, 0) is 0 Å². The molecule has 0 atom stereocenters. The summed E-state index contributed by atoms with van der Waals surface area (Å²) in [5.74, 6) is 0. The average molecular weight is 139 g/mol. The van der Waals surface area contributed by atoms with Crippen LogP contribution in [0, 0.1) is 0 Å². The first-order valence-corrected chi connectivity index (χ1v) is 4.06. The van der Waals surface area contributed by atoms with Gasteiger partial charge in [0, 0.05) is 11.9 Å². The van der Waals surface area contributed by atoms with E-state index in [4.69, 9.17) is 0 Å². The Hall–Kier alpha value is -0.590. The molecule has 0 aromatic heterocycles. The van der Waals surface area contributed by atoms with Gasteiger partial charge in [0.05, 0.1) is 0 Å². The minimum atomic E-state index is 1.03. The molecule has 0 rings (SSSR count). The van der Waals surface area contributed by atoms with Gasteiger partial charge < -0.3 is 0 Å². The molecule has 0 aliphatic rings. The van der Waals surface area contributed by atoms with Gasteiger partial charge in [-0.3, -0.25) is 4.99 Å². The van der Waals surface area contributed by atoms with E-state index in [2.05, 4.69) is 31.8 Å². The molecular weight excluding hydrogens is 122 g/mol. The van der Waals surface area contributed by atoms with Gasteiger partial charge in [-0.1, -0.05) is 26.8 Å². The van der Waals surface area contributed by atoms with Gasteiger partial charge in [0.1, 0.15) is 0 Å². The highest BCUT2D eigenvalue weighted by Gasteiger charge is 1.84. The molecular formula is C9H17N. The van der Waals surface area contributed by atoms with Crippen molar-refractivity contribution in [3.63, 3.8) is 0 Å². The minimum absolute atomic E-state index is 1.03. The van der Waals surface area contributed by atoms with E-state index in [1.807, 2.05) is 6.21 Å². The molecule has 0 spiro atoms. The van der Waals surface area contributed by atoms with E-state index in [-0.39, 0.29) is 0 Å². The van der Waals surface area contributed by atoms with Gasteiger partial charge in [-0.15, -0.1) is 0 Å². The summed E-state index contributed by atoms with van der Waals surface area (Å²) in [7, 11) is 0. The fourth-order valence-corrected chi connectivity index (χ4v) is 0.732. The molecule has 0 heterocycles. The fourth-order valence-electron chi connectivity index (χ4n) is 0.732. The van der Waals surface area contributed by atoms with E-state index in [9.17, 15) is 0 Å². The summed E-state index contributed by atoms with van der Waals surface area (Å²) in [6.07, 6.45) is 7.30. The summed E-state index contributed by atoms with van der Waals surface area (Å²) >= 11 is 0. The fraction of sp³-hybridized carbons (Fsp3) is 0.667. The Morgan fingerprint density at radius 2 is 1.90 bits per heavy atom. The van der Waals surface area contributed by atoms with Gasteiger partial charge in [0.2, 0.25) is 0 Å². The Labute approximate surface area is 63.9 Å². The van der Waals surface area contributed by atoms with Crippen molar-refractivity contribution < 1.29 is 0 Å². The minimum Gasteiger partial charge on any atom is -0.266 e. The van der Waals surface area contributed by atoms with Crippen molar-refractivity contribution in [2.45, 2.75) is 40.0 Å². The third-order valence-electron chi connectivity index (χ3n) is 1.24. The lowest BCUT2D eigenvalue weighted by molar-refractivity contribution is 1.03. The zero-order valence-corrected chi connectivity index (χ0v) is 7.22. The Bertz CT molecular complexity index is 123. The second kappa shape index (κ2) is 6.53. The second-order valence-electron chi connectivity index (χ2n) is 2.18. The topological polar surface area (TPSA) is 12.4 Å². The standard InChI is InChI=1S/C9H17N/c1-4-7-9(6-3)10-8-5-2/h7-8H,4-6H2,1-3H3. The van der Waals surface area contributed by atoms with Crippen molar-refractivity contribution in [3.05, 3.63) is 11.8 Å². The molecule has 0 fully saturated rings. The molecule has 58 valence electrons. The third kappa shape index (κ3) is 4.30. The van der Waals surface area contributed by atoms with Crippen molar-refractivity contribution in [2.24, 2.45) is 4.99 Å². The molecule has 0 bridgehead atoms. The lowest BCUT2D eigenvalue weighted by atomic mass is 10.3. The Morgan fingerprint density at radius 3 is 2.30 bits per heavy atom. The van der Waals surface area contributed by atoms with Crippen LogP contribution >= 0.6 is 0 Å². The second-order valence-corrected chi connectivity index (χ2v) is 2.18. The summed E-state index contributed by atoms with van der Waals surface area (Å²) < 4.78 is 0. The van der Waals surface area contributed by atoms with E-state index in [0.29, 0.717) is 0 Å². The number of hydrogen-bond acceptors (Lipinski definition) is 1. The molecule has 0 amide bonds. The van der Waals surface area contributed by atoms with Crippen LogP contribution in [0.25, 0.3) is 0 Å². The number of rotatable bonds is 4. The summed E-state index contributed by atoms with van der Waals surface area (Å²) in [6.45, 7) is 6.37. The number of hydrogen-bond donors (Lipinski definition) is 0. The molecule has 0 aliphatic heterocycles. The molecule has 10 heavy (non-hydrogen) atoms. The predicted octanol–water partition coefficient (Wildman–Crippen LogP) is 3.17. The number of nitrogens with zero attached hydrogens (tertiary/aromatic N) is 1. The van der Waals surface area contributed by atoms with E-state index in [0.717, 1.165) is 19.3 Å². The predicted molar refractivity (Wildman–Crippen MR) is 47.4 cm³/mol. The molecule has 0 aromatic rings. The lowest BCUT2D eigenvalue weighted by Gasteiger charge is -1.93. The maximum atomic E-state index is 4.29. The first-order valence-electron chi connectivity index (χ1n) is 4.06. The normalized spacial score (nSPS) is 12.9. The van der Waals surface area contributed by atoms with Gasteiger partial charge in [0.25, 0.3) is 0 Å². The molecule has 1 nitrogen and oxygen atoms in total. The van der Waals surface area contributed by atoms with Gasteiger partial charge in [-0.2, -0.15) is 0 Å². The lowest BCUT2D eigenvalue weighted by Crippen LogP contribution is -1.76. The van der Waals surface area contributed by atoms with Gasteiger partial charge >= 0.3 is 0 Å². The van der Waals surface area contributed by atoms with Crippen LogP contribution in [0.4, 0.5) is 0 Å². The van der Waals surface area contributed by atoms with Gasteiger partial charge in [0.15, 0.2) is 0 Å². The quantitative estimate of drug-likeness (QED) is 0.530. The summed E-state index contributed by atoms with van der Waals surface area (Å²) in [5.41, 5.74) is 1.21. The zero-order valence-electron chi connectivity index (χ0n) is 7.22. The SMILES string of the molecule is CCC=NC(=CCC)CC. The number of aliphatic imine (C=N–C) groups is 1. The summed E-state index contributed by atoms with van der Waals surface area (Å²) in [5, 5.41) is 0. The third-order valence-corrected chi connectivity index (χ3v) is 1.24. The van der Waals surface area contributed by atoms with Crippen molar-refractivity contribution >= 4 is 6.21 Å². The molecule has 0 radical (unpaired) electrons. The zero-order chi connectivity index (χ0) is 7.82. The molecule has 0 N–H and O–H groups in total. The van der Waals surface area contributed by atoms with Crippen LogP contribution in [0.2, 0.25) is 0 Å². The molecule has 0 aliphatic carbocycles. The van der Waals surface area contributed by atoms with Crippen LogP contribution < -0.4 is 0 Å². The number of allylic oxidation sites excluding steroid dienone is 2. The Morgan fingerprint density at radius 1 is 1.20 bits per heavy atom. The van der Waals surface area contributed by atoms with E-state index in [1.54, 1.807) is 0 Å². The van der Waals surface area contributed by atoms with Gasteiger partial charge in [-0.25, -0.2) is 0 Å². The van der Waals surface area contributed by atoms with Crippen molar-refractivity contribution in [3.8, 4) is 0 Å². The molecule has 0 saturated carbocycles. The largest absolute Gasteiger partial charge is 0.266 e. The highest BCUT2D eigenvalue weighted by Crippen LogP contribution is 2.02. The highest BCUT2D eigenvalue weighted by atomic mass is 14.7. The maximum absolute atomic E-state index is 4.29. The Balaban J connectivity index is 3.82. The maximum Gasteiger partial charge on any atom is 0.0357 e. The highest BCUT2D eigenvalue weighted by molar-refractivity contribution is 5.58. The van der Waals surface area contributed by atoms with Crippen molar-refractivity contribution in [1.82, 2.24) is 0 Å². The van der Waals surface area contributed by atoms with Gasteiger partial charge in [-0.05, 0) is 19.3 Å². The first-order chi connectivity index (χ1) is 4.85. The van der Waals surface area contributed by atoms with Crippen LogP contribution in [0.3, 0.4) is 0 Å². The smallest absolute Gasteiger partial charge is 0.0357 e. The van der Waals surface area contributed by atoms with E-state index in [1.165, 1.54) is 5.70 Å². The van der Waals surface area contributed by atoms with Crippen molar-refractivity contribution in [1.29, 1.82) is 0 Å². The van der Waals surface area contributed by atoms with E-state index < -0.39 is 0 Å². The monoisotopic (exact) mass is 139 g/mol. The van der Waals surface area contributed by atoms with Crippen LogP contribution in [-0.4, -0.2) is 6.21 Å². The summed E-state index contributed by atoms with van der Waals surface area (Å²) in [6, 6.07) is 0. The first kappa shape index (κ1) is 9.41. The van der Waals surface area contributed by atoms with Crippen LogP contribution in [0.15, 0.2) is 16.8 Å². The average Bonchev–Trinajstić information content (AvgIpc) is 1.98. The molecule has 0 aromatic carbocycles. The Kier molecular flexibility index (Phi) is 6.14. The van der Waals surface area contributed by atoms with E-state index >= 15 is 0 Å². The van der Waals surface area contributed by atoms with Crippen LogP contribution in [0.5, 0.6) is 0 Å².